The number of carbonyl (C=O) groups excluding carboxylic acids is 1. The Balaban J connectivity index is 1.82. The number of hydrogen-bond donors (Lipinski definition) is 1. The van der Waals surface area contributed by atoms with E-state index in [1.807, 2.05) is 34.6 Å². The molecule has 0 spiro atoms. The number of benzene rings is 1. The largest absolute Gasteiger partial charge is 0.355 e. The van der Waals surface area contributed by atoms with Gasteiger partial charge < -0.3 is 9.80 Å². The summed E-state index contributed by atoms with van der Waals surface area (Å²) in [5.41, 5.74) is 0.350. The van der Waals surface area contributed by atoms with Crippen molar-refractivity contribution in [2.45, 2.75) is 58.5 Å². The molecule has 232 valence electrons. The van der Waals surface area contributed by atoms with Crippen LogP contribution < -0.4 is 15.7 Å². The number of nitrogens with zero attached hydrogens (tertiary/aromatic N) is 7. The molecule has 1 unspecified atom stereocenters. The Labute approximate surface area is 258 Å². The second-order valence-electron chi connectivity index (χ2n) is 11.5. The van der Waals surface area contributed by atoms with Crippen LogP contribution >= 0.6 is 11.6 Å². The molecule has 44 heavy (non-hydrogen) atoms. The first kappa shape index (κ1) is 31.3. The molecule has 0 saturated carbocycles. The van der Waals surface area contributed by atoms with E-state index in [9.17, 15) is 14.8 Å². The van der Waals surface area contributed by atoms with E-state index in [1.165, 1.54) is 29.1 Å². The van der Waals surface area contributed by atoms with Crippen molar-refractivity contribution in [2.24, 2.45) is 0 Å². The Hall–Kier alpha value is -4.16. The number of aromatic nitrogens is 4. The molecule has 1 aromatic carbocycles. The van der Waals surface area contributed by atoms with Crippen LogP contribution in [-0.2, 0) is 4.79 Å². The van der Waals surface area contributed by atoms with Crippen molar-refractivity contribution in [1.82, 2.24) is 24.4 Å². The molecular formula is C31H34ClF2N7O3. The topological polar surface area (TPSA) is 108 Å². The molecular weight excluding hydrogens is 592 g/mol. The van der Waals surface area contributed by atoms with E-state index in [-0.39, 0.29) is 58.1 Å². The first-order valence-corrected chi connectivity index (χ1v) is 14.7. The van der Waals surface area contributed by atoms with Crippen LogP contribution in [0.4, 0.5) is 20.4 Å². The quantitative estimate of drug-likeness (QED) is 0.356. The number of halogens is 3. The Morgan fingerprint density at radius 2 is 1.80 bits per heavy atom. The van der Waals surface area contributed by atoms with Crippen LogP contribution in [0.25, 0.3) is 11.8 Å². The number of piperazine rings is 1. The van der Waals surface area contributed by atoms with Gasteiger partial charge in [-0.05, 0) is 43.0 Å². The summed E-state index contributed by atoms with van der Waals surface area (Å²) < 4.78 is 32.5. The minimum absolute atomic E-state index is 0.0944. The molecule has 2 aliphatic heterocycles. The highest BCUT2D eigenvalue weighted by Gasteiger charge is 2.40. The predicted octanol–water partition coefficient (Wildman–Crippen LogP) is 5.55. The van der Waals surface area contributed by atoms with Gasteiger partial charge in [-0.25, -0.2) is 33.2 Å². The van der Waals surface area contributed by atoms with Gasteiger partial charge in [0.1, 0.15) is 29.8 Å². The molecule has 10 nitrogen and oxygen atoms in total. The van der Waals surface area contributed by atoms with Gasteiger partial charge in [0.15, 0.2) is 5.82 Å². The molecule has 2 aromatic heterocycles. The number of carbonyl (C=O) groups is 1. The van der Waals surface area contributed by atoms with Gasteiger partial charge in [-0.1, -0.05) is 51.9 Å². The minimum atomic E-state index is -1.70. The van der Waals surface area contributed by atoms with E-state index < -0.39 is 23.4 Å². The second-order valence-corrected chi connectivity index (χ2v) is 11.9. The van der Waals surface area contributed by atoms with Gasteiger partial charge in [-0.15, -0.1) is 0 Å². The molecule has 4 heterocycles. The minimum Gasteiger partial charge on any atom is -0.350 e. The van der Waals surface area contributed by atoms with Gasteiger partial charge in [0.25, 0.3) is 0 Å². The summed E-state index contributed by atoms with van der Waals surface area (Å²) in [6.45, 7) is 13.9. The molecule has 0 aliphatic carbocycles. The summed E-state index contributed by atoms with van der Waals surface area (Å²) in [5, 5.41) is 12.3. The monoisotopic (exact) mass is 625 g/mol. The summed E-state index contributed by atoms with van der Waals surface area (Å²) in [4.78, 5) is 43.3. The zero-order valence-corrected chi connectivity index (χ0v) is 25.9. The Morgan fingerprint density at radius 3 is 2.36 bits per heavy atom. The third-order valence-corrected chi connectivity index (χ3v) is 8.28. The van der Waals surface area contributed by atoms with Crippen LogP contribution in [0.5, 0.6) is 0 Å². The number of hydroxylamine groups is 1. The van der Waals surface area contributed by atoms with E-state index >= 15 is 8.78 Å². The number of hydrogen-bond acceptors (Lipinski definition) is 8. The van der Waals surface area contributed by atoms with E-state index in [0.29, 0.717) is 35.2 Å². The van der Waals surface area contributed by atoms with Crippen LogP contribution in [0.1, 0.15) is 75.0 Å². The molecule has 3 aromatic rings. The molecule has 13 heteroatoms. The molecule has 0 bridgehead atoms. The van der Waals surface area contributed by atoms with Gasteiger partial charge in [0, 0.05) is 36.3 Å². The summed E-state index contributed by atoms with van der Waals surface area (Å²) in [6, 6.07) is 1.85. The Bertz CT molecular complexity index is 1680. The summed E-state index contributed by atoms with van der Waals surface area (Å²) in [7, 11) is 0. The van der Waals surface area contributed by atoms with Crippen molar-refractivity contribution in [1.29, 1.82) is 0 Å². The summed E-state index contributed by atoms with van der Waals surface area (Å²) >= 11 is 6.35. The summed E-state index contributed by atoms with van der Waals surface area (Å²) in [6.07, 6.45) is 3.80. The lowest BCUT2D eigenvalue weighted by Gasteiger charge is -2.42. The van der Waals surface area contributed by atoms with E-state index in [1.54, 1.807) is 9.80 Å². The first-order valence-electron chi connectivity index (χ1n) is 14.4. The van der Waals surface area contributed by atoms with Crippen molar-refractivity contribution in [3.8, 4) is 5.69 Å². The number of amides is 1. The van der Waals surface area contributed by atoms with Crippen LogP contribution in [-0.4, -0.2) is 61.2 Å². The standard InChI is InChI=1S/C31H34ClF2N7O3/c1-7-23(42)38-11-12-39(18(6)14-38)29-19-13-22(34)27(24-20(32)9-8-10-21(24)33)41(44)30(19)40(31(43)37-29)28-25(16(2)3)35-15-36-26(28)17(4)5/h7-10,13,15-18,27,44H,1,11-12,14H2,2-6H3/t18-,27?/m0/s1. The van der Waals surface area contributed by atoms with Crippen LogP contribution in [0.2, 0.25) is 5.02 Å². The van der Waals surface area contributed by atoms with Crippen molar-refractivity contribution in [3.05, 3.63) is 86.8 Å². The molecule has 2 aliphatic rings. The fraction of sp³-hybridized carbons (Fsp3) is 0.387. The molecule has 0 radical (unpaired) electrons. The maximum Gasteiger partial charge on any atom is 0.355 e. The fourth-order valence-electron chi connectivity index (χ4n) is 5.86. The Morgan fingerprint density at radius 1 is 1.14 bits per heavy atom. The second kappa shape index (κ2) is 12.1. The lowest BCUT2D eigenvalue weighted by Crippen LogP contribution is -2.54. The highest BCUT2D eigenvalue weighted by atomic mass is 35.5. The maximum atomic E-state index is 16.1. The zero-order valence-electron chi connectivity index (χ0n) is 25.1. The highest BCUT2D eigenvalue weighted by Crippen LogP contribution is 2.46. The summed E-state index contributed by atoms with van der Waals surface area (Å²) in [5.74, 6) is -2.36. The maximum absolute atomic E-state index is 16.1. The van der Waals surface area contributed by atoms with Crippen molar-refractivity contribution >= 4 is 35.2 Å². The van der Waals surface area contributed by atoms with Crippen molar-refractivity contribution in [3.63, 3.8) is 0 Å². The smallest absolute Gasteiger partial charge is 0.350 e. The third kappa shape index (κ3) is 5.26. The molecule has 1 saturated heterocycles. The molecule has 5 rings (SSSR count). The van der Waals surface area contributed by atoms with E-state index in [0.717, 1.165) is 12.1 Å². The molecule has 1 fully saturated rings. The highest BCUT2D eigenvalue weighted by molar-refractivity contribution is 6.31. The van der Waals surface area contributed by atoms with Crippen LogP contribution in [0, 0.1) is 5.82 Å². The Kier molecular flexibility index (Phi) is 8.59. The van der Waals surface area contributed by atoms with E-state index in [2.05, 4.69) is 21.5 Å². The lowest BCUT2D eigenvalue weighted by atomic mass is 9.97. The lowest BCUT2D eigenvalue weighted by molar-refractivity contribution is -0.126. The number of fused-ring (bicyclic) bond motifs is 1. The average molecular weight is 626 g/mol. The van der Waals surface area contributed by atoms with Gasteiger partial charge in [-0.3, -0.25) is 10.0 Å². The van der Waals surface area contributed by atoms with Crippen LogP contribution in [0.3, 0.4) is 0 Å². The van der Waals surface area contributed by atoms with Gasteiger partial charge in [0.2, 0.25) is 5.91 Å². The van der Waals surface area contributed by atoms with E-state index in [4.69, 9.17) is 11.6 Å². The van der Waals surface area contributed by atoms with Gasteiger partial charge in [0.05, 0.1) is 22.6 Å². The average Bonchev–Trinajstić information content (AvgIpc) is 2.97. The first-order chi connectivity index (χ1) is 20.9. The van der Waals surface area contributed by atoms with Gasteiger partial charge >= 0.3 is 5.69 Å². The predicted molar refractivity (Wildman–Crippen MR) is 165 cm³/mol. The van der Waals surface area contributed by atoms with Crippen LogP contribution in [0.15, 0.2) is 47.8 Å². The van der Waals surface area contributed by atoms with Crippen molar-refractivity contribution in [2.75, 3.05) is 29.6 Å². The molecule has 1 N–H and O–H groups in total. The SMILES string of the molecule is C=CC(=O)N1CCN(c2nc(=O)n(-c3c(C(C)C)ncnc3C(C)C)c3c2C=C(F)C(c2c(F)cccc2Cl)N3O)[C@@H](C)C1. The normalized spacial score (nSPS) is 18.5. The fourth-order valence-corrected chi connectivity index (χ4v) is 6.12. The number of anilines is 2. The van der Waals surface area contributed by atoms with Gasteiger partial charge in [-0.2, -0.15) is 4.98 Å². The van der Waals surface area contributed by atoms with Crippen molar-refractivity contribution < 1.29 is 18.8 Å². The molecule has 2 atom stereocenters. The zero-order chi connectivity index (χ0) is 32.0. The molecule has 1 amide bonds. The number of rotatable bonds is 6. The third-order valence-electron chi connectivity index (χ3n) is 7.95.